The predicted octanol–water partition coefficient (Wildman–Crippen LogP) is 4.21. The minimum absolute atomic E-state index is 0.0630. The van der Waals surface area contributed by atoms with Crippen molar-refractivity contribution >= 4 is 37.6 Å². The van der Waals surface area contributed by atoms with Gasteiger partial charge >= 0.3 is 0 Å². The first-order valence-corrected chi connectivity index (χ1v) is 11.0. The molecule has 1 heterocycles. The average molecular weight is 400 g/mol. The zero-order valence-electron chi connectivity index (χ0n) is 15.1. The number of sulfonamides is 1. The maximum absolute atomic E-state index is 12.8. The van der Waals surface area contributed by atoms with E-state index in [2.05, 4.69) is 4.72 Å². The third-order valence-corrected chi connectivity index (χ3v) is 7.79. The van der Waals surface area contributed by atoms with Gasteiger partial charge in [0.25, 0.3) is 5.69 Å². The van der Waals surface area contributed by atoms with E-state index in [1.165, 1.54) is 37.5 Å². The van der Waals surface area contributed by atoms with Crippen LogP contribution in [-0.4, -0.2) is 19.9 Å². The van der Waals surface area contributed by atoms with Gasteiger partial charge in [0.2, 0.25) is 10.0 Å². The van der Waals surface area contributed by atoms with Gasteiger partial charge in [-0.05, 0) is 61.3 Å². The molecule has 2 aliphatic rings. The van der Waals surface area contributed by atoms with Crippen LogP contribution in [0.5, 0.6) is 0 Å². The van der Waals surface area contributed by atoms with Crippen molar-refractivity contribution in [3.05, 3.63) is 46.5 Å². The molecule has 1 aromatic heterocycles. The lowest BCUT2D eigenvalue weighted by Crippen LogP contribution is -2.31. The number of nitro groups is 1. The second-order valence-electron chi connectivity index (χ2n) is 7.98. The molecule has 2 fully saturated rings. The van der Waals surface area contributed by atoms with Crippen molar-refractivity contribution in [1.29, 1.82) is 0 Å². The molecule has 0 spiro atoms. The molecule has 8 heteroatoms. The van der Waals surface area contributed by atoms with Crippen LogP contribution in [0.25, 0.3) is 21.9 Å². The average Bonchev–Trinajstić information content (AvgIpc) is 3.38. The summed E-state index contributed by atoms with van der Waals surface area (Å²) >= 11 is 0. The van der Waals surface area contributed by atoms with Gasteiger partial charge < -0.3 is 4.42 Å². The van der Waals surface area contributed by atoms with Gasteiger partial charge in [0.05, 0.1) is 15.9 Å². The number of nitrogens with zero attached hydrogens (tertiary/aromatic N) is 1. The van der Waals surface area contributed by atoms with E-state index in [-0.39, 0.29) is 10.6 Å². The molecule has 3 aromatic rings. The summed E-state index contributed by atoms with van der Waals surface area (Å²) in [6.07, 6.45) is 4.87. The molecule has 2 aromatic carbocycles. The summed E-state index contributed by atoms with van der Waals surface area (Å²) in [6, 6.07) is 9.05. The summed E-state index contributed by atoms with van der Waals surface area (Å²) < 4.78 is 34.1. The first-order valence-electron chi connectivity index (χ1n) is 9.51. The fourth-order valence-electron chi connectivity index (χ4n) is 4.95. The van der Waals surface area contributed by atoms with Crippen LogP contribution in [0.4, 0.5) is 5.69 Å². The third-order valence-electron chi connectivity index (χ3n) is 6.37. The van der Waals surface area contributed by atoms with Gasteiger partial charge in [-0.2, -0.15) is 0 Å². The van der Waals surface area contributed by atoms with Crippen molar-refractivity contribution in [3.63, 3.8) is 0 Å². The molecule has 0 amide bonds. The largest absolute Gasteiger partial charge is 0.456 e. The monoisotopic (exact) mass is 400 g/mol. The van der Waals surface area contributed by atoms with E-state index < -0.39 is 14.9 Å². The smallest absolute Gasteiger partial charge is 0.273 e. The van der Waals surface area contributed by atoms with Crippen LogP contribution in [0.2, 0.25) is 0 Å². The van der Waals surface area contributed by atoms with Gasteiger partial charge in [-0.3, -0.25) is 10.1 Å². The van der Waals surface area contributed by atoms with Crippen molar-refractivity contribution in [2.45, 2.75) is 30.6 Å². The molecule has 7 nitrogen and oxygen atoms in total. The molecule has 0 saturated heterocycles. The predicted molar refractivity (Wildman–Crippen MR) is 105 cm³/mol. The van der Waals surface area contributed by atoms with Gasteiger partial charge in [-0.1, -0.05) is 6.42 Å². The number of rotatable bonds is 5. The van der Waals surface area contributed by atoms with Gasteiger partial charge in [0.15, 0.2) is 0 Å². The second-order valence-corrected chi connectivity index (χ2v) is 9.75. The van der Waals surface area contributed by atoms with Gasteiger partial charge in [0, 0.05) is 23.4 Å². The lowest BCUT2D eigenvalue weighted by Gasteiger charge is -2.21. The Morgan fingerprint density at radius 3 is 2.64 bits per heavy atom. The van der Waals surface area contributed by atoms with E-state index in [0.717, 1.165) is 12.3 Å². The molecule has 28 heavy (non-hydrogen) atoms. The number of nitro benzene ring substituents is 1. The SMILES string of the molecule is O=[N+]([O-])c1ccc2c(c1)oc1ccc(S(=O)(=O)NC[C@H]3C[C@H]4CC[C@H]3C4)cc12. The number of non-ortho nitro benzene ring substituents is 1. The highest BCUT2D eigenvalue weighted by atomic mass is 32.2. The minimum atomic E-state index is -3.62. The summed E-state index contributed by atoms with van der Waals surface area (Å²) in [7, 11) is -3.62. The quantitative estimate of drug-likeness (QED) is 0.510. The van der Waals surface area contributed by atoms with E-state index in [4.69, 9.17) is 4.42 Å². The molecule has 0 unspecified atom stereocenters. The van der Waals surface area contributed by atoms with E-state index in [9.17, 15) is 18.5 Å². The summed E-state index contributed by atoms with van der Waals surface area (Å²) in [5.41, 5.74) is 0.808. The Labute approximate surface area is 161 Å². The Bertz CT molecular complexity index is 1200. The molecule has 2 aliphatic carbocycles. The lowest BCUT2D eigenvalue weighted by atomic mass is 9.89. The Morgan fingerprint density at radius 1 is 1.07 bits per heavy atom. The van der Waals surface area contributed by atoms with Gasteiger partial charge in [-0.25, -0.2) is 13.1 Å². The van der Waals surface area contributed by atoms with Crippen molar-refractivity contribution in [2.24, 2.45) is 17.8 Å². The number of benzene rings is 2. The van der Waals surface area contributed by atoms with Crippen LogP contribution in [0.15, 0.2) is 45.7 Å². The second kappa shape index (κ2) is 6.28. The normalized spacial score (nSPS) is 24.4. The van der Waals surface area contributed by atoms with Crippen molar-refractivity contribution in [2.75, 3.05) is 6.54 Å². The van der Waals surface area contributed by atoms with Gasteiger partial charge in [-0.15, -0.1) is 0 Å². The molecule has 146 valence electrons. The number of hydrogen-bond acceptors (Lipinski definition) is 5. The van der Waals surface area contributed by atoms with Crippen LogP contribution in [0.1, 0.15) is 25.7 Å². The summed E-state index contributed by atoms with van der Waals surface area (Å²) in [5.74, 6) is 1.87. The van der Waals surface area contributed by atoms with Crippen LogP contribution in [-0.2, 0) is 10.0 Å². The molecular weight excluding hydrogens is 380 g/mol. The zero-order chi connectivity index (χ0) is 19.5. The van der Waals surface area contributed by atoms with E-state index in [0.29, 0.717) is 40.3 Å². The van der Waals surface area contributed by atoms with Gasteiger partial charge in [0.1, 0.15) is 11.2 Å². The maximum atomic E-state index is 12.8. The minimum Gasteiger partial charge on any atom is -0.456 e. The van der Waals surface area contributed by atoms with Crippen molar-refractivity contribution in [1.82, 2.24) is 4.72 Å². The highest BCUT2D eigenvalue weighted by Gasteiger charge is 2.39. The fraction of sp³-hybridized carbons (Fsp3) is 0.400. The number of fused-ring (bicyclic) bond motifs is 5. The number of furan rings is 1. The Kier molecular flexibility index (Phi) is 3.96. The van der Waals surface area contributed by atoms with E-state index >= 15 is 0 Å². The summed E-state index contributed by atoms with van der Waals surface area (Å²) in [4.78, 5) is 10.7. The molecule has 2 saturated carbocycles. The number of nitrogens with one attached hydrogen (secondary N) is 1. The van der Waals surface area contributed by atoms with E-state index in [1.54, 1.807) is 18.2 Å². The number of hydrogen-bond donors (Lipinski definition) is 1. The lowest BCUT2D eigenvalue weighted by molar-refractivity contribution is -0.384. The van der Waals surface area contributed by atoms with Crippen LogP contribution in [0, 0.1) is 27.9 Å². The summed E-state index contributed by atoms with van der Waals surface area (Å²) in [5, 5.41) is 12.2. The van der Waals surface area contributed by atoms with E-state index in [1.807, 2.05) is 0 Å². The molecular formula is C20H20N2O5S. The maximum Gasteiger partial charge on any atom is 0.273 e. The first kappa shape index (κ1) is 17.6. The Balaban J connectivity index is 1.44. The van der Waals surface area contributed by atoms with Crippen molar-refractivity contribution < 1.29 is 17.8 Å². The zero-order valence-corrected chi connectivity index (χ0v) is 15.9. The topological polar surface area (TPSA) is 102 Å². The van der Waals surface area contributed by atoms with Crippen LogP contribution in [0.3, 0.4) is 0 Å². The fourth-order valence-corrected chi connectivity index (χ4v) is 6.07. The molecule has 3 atom stereocenters. The molecule has 2 bridgehead atoms. The first-order chi connectivity index (χ1) is 13.4. The highest BCUT2D eigenvalue weighted by Crippen LogP contribution is 2.48. The Morgan fingerprint density at radius 2 is 1.93 bits per heavy atom. The molecule has 1 N–H and O–H groups in total. The van der Waals surface area contributed by atoms with Crippen molar-refractivity contribution in [3.8, 4) is 0 Å². The summed E-state index contributed by atoms with van der Waals surface area (Å²) in [6.45, 7) is 0.486. The van der Waals surface area contributed by atoms with Crippen LogP contribution >= 0.6 is 0 Å². The molecule has 0 radical (unpaired) electrons. The highest BCUT2D eigenvalue weighted by molar-refractivity contribution is 7.89. The third kappa shape index (κ3) is 2.87. The molecule has 0 aliphatic heterocycles. The Hall–Kier alpha value is -2.45. The molecule has 5 rings (SSSR count). The standard InChI is InChI=1S/C20H20N2O5S/c23-22(24)15-3-5-17-18-10-16(4-6-19(18)27-20(17)9-15)28(25,26)21-11-14-8-12-1-2-13(14)7-12/h3-6,9-10,12-14,21H,1-2,7-8,11H2/t12-,13-,14+/m0/s1. The van der Waals surface area contributed by atoms with Crippen LogP contribution < -0.4 is 4.72 Å².